The number of thiocarbonyl (C=S) groups is 1. The van der Waals surface area contributed by atoms with Crippen LogP contribution in [0.3, 0.4) is 0 Å². The number of amides is 2. The predicted molar refractivity (Wildman–Crippen MR) is 85.3 cm³/mol. The fourth-order valence-electron chi connectivity index (χ4n) is 2.00. The molecule has 6 nitrogen and oxygen atoms in total. The zero-order valence-electron chi connectivity index (χ0n) is 11.6. The highest BCUT2D eigenvalue weighted by molar-refractivity contribution is 7.98. The highest BCUT2D eigenvalue weighted by Crippen LogP contribution is 2.11. The molecule has 1 fully saturated rings. The Kier molecular flexibility index (Phi) is 5.63. The van der Waals surface area contributed by atoms with Crippen molar-refractivity contribution in [2.45, 2.75) is 12.5 Å². The summed E-state index contributed by atoms with van der Waals surface area (Å²) in [7, 11) is 0. The maximum atomic E-state index is 12.2. The summed E-state index contributed by atoms with van der Waals surface area (Å²) in [5.74, 6) is 0.650. The van der Waals surface area contributed by atoms with Crippen LogP contribution in [0.25, 0.3) is 0 Å². The van der Waals surface area contributed by atoms with Gasteiger partial charge in [-0.2, -0.15) is 11.8 Å². The number of hydrogen-bond acceptors (Lipinski definition) is 5. The molecule has 0 bridgehead atoms. The monoisotopic (exact) mass is 327 g/mol. The normalized spacial score (nSPS) is 18.0. The Bertz CT molecular complexity index is 519. The van der Waals surface area contributed by atoms with Gasteiger partial charge in [0.25, 0.3) is 11.8 Å². The van der Waals surface area contributed by atoms with E-state index in [1.807, 2.05) is 6.26 Å². The van der Waals surface area contributed by atoms with Gasteiger partial charge in [0.1, 0.15) is 12.3 Å². The second kappa shape index (κ2) is 7.46. The summed E-state index contributed by atoms with van der Waals surface area (Å²) in [4.78, 5) is 25.4. The lowest BCUT2D eigenvalue weighted by atomic mass is 10.2. The van der Waals surface area contributed by atoms with Crippen molar-refractivity contribution in [1.82, 2.24) is 15.5 Å². The molecule has 1 aliphatic heterocycles. The molecule has 0 radical (unpaired) electrons. The van der Waals surface area contributed by atoms with Crippen LogP contribution in [0.15, 0.2) is 23.0 Å². The summed E-state index contributed by atoms with van der Waals surface area (Å²) in [5, 5.41) is 6.18. The minimum Gasteiger partial charge on any atom is -0.472 e. The van der Waals surface area contributed by atoms with E-state index in [1.165, 1.54) is 17.4 Å². The summed E-state index contributed by atoms with van der Waals surface area (Å²) < 4.78 is 4.84. The third-order valence-corrected chi connectivity index (χ3v) is 4.10. The Morgan fingerprint density at radius 1 is 1.62 bits per heavy atom. The van der Waals surface area contributed by atoms with Gasteiger partial charge in [0.05, 0.1) is 11.8 Å². The van der Waals surface area contributed by atoms with E-state index in [1.54, 1.807) is 17.8 Å². The molecule has 0 aliphatic carbocycles. The van der Waals surface area contributed by atoms with Crippen LogP contribution in [-0.4, -0.2) is 53.0 Å². The fraction of sp³-hybridized carbons (Fsp3) is 0.462. The van der Waals surface area contributed by atoms with Gasteiger partial charge in [-0.1, -0.05) is 0 Å². The number of rotatable bonds is 7. The van der Waals surface area contributed by atoms with Crippen LogP contribution in [0.1, 0.15) is 16.8 Å². The van der Waals surface area contributed by atoms with E-state index in [4.69, 9.17) is 16.6 Å². The Morgan fingerprint density at radius 2 is 2.43 bits per heavy atom. The minimum atomic E-state index is -0.241. The van der Waals surface area contributed by atoms with Crippen LogP contribution < -0.4 is 10.6 Å². The van der Waals surface area contributed by atoms with Gasteiger partial charge in [-0.15, -0.1) is 0 Å². The summed E-state index contributed by atoms with van der Waals surface area (Å²) >= 11 is 6.86. The van der Waals surface area contributed by atoms with Crippen LogP contribution in [0.2, 0.25) is 0 Å². The summed E-state index contributed by atoms with van der Waals surface area (Å²) in [5.41, 5.74) is 0.460. The smallest absolute Gasteiger partial charge is 0.254 e. The van der Waals surface area contributed by atoms with Gasteiger partial charge in [0.2, 0.25) is 0 Å². The molecule has 2 N–H and O–H groups in total. The van der Waals surface area contributed by atoms with E-state index in [0.717, 1.165) is 12.2 Å². The molecule has 2 rings (SSSR count). The molecule has 21 heavy (non-hydrogen) atoms. The molecule has 2 heterocycles. The van der Waals surface area contributed by atoms with Crippen molar-refractivity contribution < 1.29 is 14.0 Å². The molecular weight excluding hydrogens is 310 g/mol. The third kappa shape index (κ3) is 3.98. The van der Waals surface area contributed by atoms with Crippen LogP contribution >= 0.6 is 24.0 Å². The first-order valence-electron chi connectivity index (χ1n) is 6.54. The highest BCUT2D eigenvalue weighted by atomic mass is 32.2. The molecule has 0 unspecified atom stereocenters. The van der Waals surface area contributed by atoms with Crippen molar-refractivity contribution in [2.24, 2.45) is 0 Å². The number of hydrogen-bond donors (Lipinski definition) is 2. The number of furan rings is 1. The number of nitrogens with zero attached hydrogens (tertiary/aromatic N) is 1. The molecular formula is C13H17N3O3S2. The van der Waals surface area contributed by atoms with E-state index >= 15 is 0 Å². The molecule has 2 amide bonds. The second-order valence-electron chi connectivity index (χ2n) is 4.54. The maximum Gasteiger partial charge on any atom is 0.254 e. The van der Waals surface area contributed by atoms with Crippen LogP contribution in [0.5, 0.6) is 0 Å². The first kappa shape index (κ1) is 15.8. The number of carbonyl (C=O) groups is 2. The maximum absolute atomic E-state index is 12.2. The van der Waals surface area contributed by atoms with E-state index in [2.05, 4.69) is 10.6 Å². The second-order valence-corrected chi connectivity index (χ2v) is 5.91. The number of thioether (sulfide) groups is 1. The molecule has 1 atom stereocenters. The SMILES string of the molecule is CSCC[C@@H]1NC(=S)N(CCNC(=O)c2ccoc2)C1=O. The van der Waals surface area contributed by atoms with Crippen LogP contribution in [0.4, 0.5) is 0 Å². The van der Waals surface area contributed by atoms with Gasteiger partial charge in [-0.3, -0.25) is 14.5 Å². The molecule has 1 aromatic rings. The highest BCUT2D eigenvalue weighted by Gasteiger charge is 2.34. The van der Waals surface area contributed by atoms with Crippen LogP contribution in [-0.2, 0) is 4.79 Å². The van der Waals surface area contributed by atoms with Crippen molar-refractivity contribution in [2.75, 3.05) is 25.1 Å². The fourth-order valence-corrected chi connectivity index (χ4v) is 2.79. The first-order valence-corrected chi connectivity index (χ1v) is 8.35. The third-order valence-electron chi connectivity index (χ3n) is 3.12. The Hall–Kier alpha value is -1.54. The predicted octanol–water partition coefficient (Wildman–Crippen LogP) is 0.848. The Labute approximate surface area is 132 Å². The molecule has 114 valence electrons. The molecule has 0 spiro atoms. The number of carbonyl (C=O) groups excluding carboxylic acids is 2. The Morgan fingerprint density at radius 3 is 3.10 bits per heavy atom. The van der Waals surface area contributed by atoms with Crippen molar-refractivity contribution in [3.63, 3.8) is 0 Å². The van der Waals surface area contributed by atoms with E-state index in [9.17, 15) is 9.59 Å². The first-order chi connectivity index (χ1) is 10.1. The topological polar surface area (TPSA) is 74.6 Å². The standard InChI is InChI=1S/C13H17N3O3S2/c1-21-7-3-10-12(18)16(13(20)15-10)5-4-14-11(17)9-2-6-19-8-9/h2,6,8,10H,3-5,7H2,1H3,(H,14,17)(H,15,20)/t10-/m0/s1. The molecule has 0 saturated carbocycles. The average molecular weight is 327 g/mol. The van der Waals surface area contributed by atoms with Gasteiger partial charge >= 0.3 is 0 Å². The largest absolute Gasteiger partial charge is 0.472 e. The summed E-state index contributed by atoms with van der Waals surface area (Å²) in [6.45, 7) is 0.705. The van der Waals surface area contributed by atoms with Gasteiger partial charge in [0.15, 0.2) is 5.11 Å². The summed E-state index contributed by atoms with van der Waals surface area (Å²) in [6, 6.07) is 1.34. The van der Waals surface area contributed by atoms with Gasteiger partial charge in [0, 0.05) is 13.1 Å². The lowest BCUT2D eigenvalue weighted by Crippen LogP contribution is -2.38. The van der Waals surface area contributed by atoms with Crippen molar-refractivity contribution in [3.8, 4) is 0 Å². The van der Waals surface area contributed by atoms with E-state index in [0.29, 0.717) is 23.8 Å². The number of nitrogens with one attached hydrogen (secondary N) is 2. The molecule has 0 aromatic carbocycles. The van der Waals surface area contributed by atoms with Crippen LogP contribution in [0, 0.1) is 0 Å². The average Bonchev–Trinajstić information content (AvgIpc) is 3.08. The molecule has 1 saturated heterocycles. The lowest BCUT2D eigenvalue weighted by Gasteiger charge is -2.15. The lowest BCUT2D eigenvalue weighted by molar-refractivity contribution is -0.127. The Balaban J connectivity index is 1.79. The summed E-state index contributed by atoms with van der Waals surface area (Å²) in [6.07, 6.45) is 5.56. The van der Waals surface area contributed by atoms with Crippen molar-refractivity contribution in [1.29, 1.82) is 0 Å². The molecule has 1 aromatic heterocycles. The van der Waals surface area contributed by atoms with Crippen molar-refractivity contribution in [3.05, 3.63) is 24.2 Å². The molecule has 8 heteroatoms. The van der Waals surface area contributed by atoms with Gasteiger partial charge in [-0.25, -0.2) is 0 Å². The minimum absolute atomic E-state index is 0.0217. The quantitative estimate of drug-likeness (QED) is 0.723. The van der Waals surface area contributed by atoms with E-state index in [-0.39, 0.29) is 17.9 Å². The molecule has 1 aliphatic rings. The zero-order chi connectivity index (χ0) is 15.2. The van der Waals surface area contributed by atoms with E-state index < -0.39 is 0 Å². The zero-order valence-corrected chi connectivity index (χ0v) is 13.3. The van der Waals surface area contributed by atoms with Gasteiger partial charge < -0.3 is 15.1 Å². The van der Waals surface area contributed by atoms with Crippen molar-refractivity contribution >= 4 is 40.9 Å². The van der Waals surface area contributed by atoms with Gasteiger partial charge in [-0.05, 0) is 36.7 Å².